The van der Waals surface area contributed by atoms with Crippen molar-refractivity contribution in [2.45, 2.75) is 30.8 Å². The Kier molecular flexibility index (Phi) is 6.34. The highest BCUT2D eigenvalue weighted by Gasteiger charge is 2.23. The summed E-state index contributed by atoms with van der Waals surface area (Å²) in [5.41, 5.74) is 4.15. The van der Waals surface area contributed by atoms with Crippen molar-refractivity contribution in [3.05, 3.63) is 74.2 Å². The normalized spacial score (nSPS) is 13.5. The minimum Gasteiger partial charge on any atom is -0.463 e. The molecule has 10 heteroatoms. The zero-order valence-corrected chi connectivity index (χ0v) is 19.8. The Bertz CT molecular complexity index is 1390. The van der Waals surface area contributed by atoms with Crippen molar-refractivity contribution in [3.8, 4) is 5.69 Å². The summed E-state index contributed by atoms with van der Waals surface area (Å²) in [5.74, 6) is 0.269. The van der Waals surface area contributed by atoms with Crippen LogP contribution < -0.4 is 11.0 Å². The van der Waals surface area contributed by atoms with Crippen molar-refractivity contribution >= 4 is 57.0 Å². The lowest BCUT2D eigenvalue weighted by Gasteiger charge is -2.13. The molecule has 0 spiro atoms. The number of benzene rings is 1. The maximum Gasteiger partial charge on any atom is 0.267 e. The first-order valence-electron chi connectivity index (χ1n) is 10.4. The van der Waals surface area contributed by atoms with Gasteiger partial charge in [-0.2, -0.15) is 5.10 Å². The average molecular weight is 499 g/mol. The summed E-state index contributed by atoms with van der Waals surface area (Å²) in [6.45, 7) is 0. The fraction of sp³-hybridized carbons (Fsp3) is 0.217. The van der Waals surface area contributed by atoms with E-state index < -0.39 is 0 Å². The fourth-order valence-corrected chi connectivity index (χ4v) is 6.03. The molecule has 0 aliphatic heterocycles. The molecular weight excluding hydrogens is 480 g/mol. The van der Waals surface area contributed by atoms with E-state index >= 15 is 0 Å². The molecule has 1 aromatic carbocycles. The van der Waals surface area contributed by atoms with Gasteiger partial charge in [-0.1, -0.05) is 23.4 Å². The van der Waals surface area contributed by atoms with E-state index in [1.165, 1.54) is 29.1 Å². The number of hydrazone groups is 1. The molecule has 0 fully saturated rings. The minimum atomic E-state index is -0.315. The summed E-state index contributed by atoms with van der Waals surface area (Å²) < 4.78 is 6.72. The molecule has 7 nitrogen and oxygen atoms in total. The third kappa shape index (κ3) is 4.62. The summed E-state index contributed by atoms with van der Waals surface area (Å²) in [7, 11) is 0. The average Bonchev–Trinajstić information content (AvgIpc) is 3.46. The van der Waals surface area contributed by atoms with Gasteiger partial charge in [0, 0.05) is 9.90 Å². The van der Waals surface area contributed by atoms with Gasteiger partial charge in [-0.15, -0.1) is 11.3 Å². The third-order valence-electron chi connectivity index (χ3n) is 5.30. The van der Waals surface area contributed by atoms with Crippen molar-refractivity contribution in [2.75, 3.05) is 5.75 Å². The first-order valence-corrected chi connectivity index (χ1v) is 12.6. The van der Waals surface area contributed by atoms with Crippen LogP contribution in [0.3, 0.4) is 0 Å². The number of amides is 1. The predicted octanol–water partition coefficient (Wildman–Crippen LogP) is 4.81. The van der Waals surface area contributed by atoms with E-state index in [4.69, 9.17) is 21.0 Å². The number of halogens is 1. The highest BCUT2D eigenvalue weighted by Crippen LogP contribution is 2.35. The smallest absolute Gasteiger partial charge is 0.267 e. The molecule has 168 valence electrons. The second kappa shape index (κ2) is 9.54. The molecule has 0 radical (unpaired) electrons. The number of hydrogen-bond acceptors (Lipinski definition) is 7. The Balaban J connectivity index is 1.47. The molecule has 1 aliphatic carbocycles. The van der Waals surface area contributed by atoms with Crippen molar-refractivity contribution in [1.82, 2.24) is 15.0 Å². The van der Waals surface area contributed by atoms with Crippen LogP contribution in [-0.2, 0) is 17.6 Å². The van der Waals surface area contributed by atoms with E-state index in [2.05, 4.69) is 10.5 Å². The van der Waals surface area contributed by atoms with Gasteiger partial charge in [0.05, 0.1) is 29.3 Å². The van der Waals surface area contributed by atoms with Gasteiger partial charge in [0.15, 0.2) is 5.16 Å². The van der Waals surface area contributed by atoms with E-state index in [1.54, 1.807) is 52.3 Å². The number of thioether (sulfide) groups is 1. The topological polar surface area (TPSA) is 89.5 Å². The number of fused-ring (bicyclic) bond motifs is 3. The monoisotopic (exact) mass is 498 g/mol. The van der Waals surface area contributed by atoms with Crippen LogP contribution in [0.1, 0.15) is 29.0 Å². The minimum absolute atomic E-state index is 0.0477. The lowest BCUT2D eigenvalue weighted by atomic mass is 9.97. The van der Waals surface area contributed by atoms with Crippen LogP contribution in [0.4, 0.5) is 0 Å². The molecule has 0 unspecified atom stereocenters. The van der Waals surface area contributed by atoms with Gasteiger partial charge in [0.1, 0.15) is 10.6 Å². The first-order chi connectivity index (χ1) is 16.1. The molecule has 0 saturated carbocycles. The van der Waals surface area contributed by atoms with Crippen LogP contribution in [0.25, 0.3) is 15.9 Å². The Morgan fingerprint density at radius 3 is 2.88 bits per heavy atom. The maximum atomic E-state index is 13.7. The molecule has 1 aliphatic rings. The van der Waals surface area contributed by atoms with Crippen LogP contribution in [0, 0.1) is 0 Å². The molecule has 3 aromatic heterocycles. The number of aromatic nitrogens is 2. The fourth-order valence-electron chi connectivity index (χ4n) is 3.80. The second-order valence-corrected chi connectivity index (χ2v) is 9.96. The van der Waals surface area contributed by atoms with Crippen LogP contribution in [0.5, 0.6) is 0 Å². The highest BCUT2D eigenvalue weighted by molar-refractivity contribution is 7.99. The molecule has 0 bridgehead atoms. The predicted molar refractivity (Wildman–Crippen MR) is 132 cm³/mol. The number of nitrogens with zero attached hydrogens (tertiary/aromatic N) is 3. The number of furan rings is 1. The summed E-state index contributed by atoms with van der Waals surface area (Å²) in [6.07, 6.45) is 7.04. The summed E-state index contributed by atoms with van der Waals surface area (Å²) in [4.78, 5) is 32.8. The van der Waals surface area contributed by atoms with E-state index in [-0.39, 0.29) is 17.2 Å². The quantitative estimate of drug-likeness (QED) is 0.178. The van der Waals surface area contributed by atoms with Gasteiger partial charge in [-0.05, 0) is 67.6 Å². The van der Waals surface area contributed by atoms with Gasteiger partial charge in [0.2, 0.25) is 0 Å². The molecule has 0 atom stereocenters. The molecule has 0 saturated heterocycles. The number of hydrogen-bond donors (Lipinski definition) is 1. The lowest BCUT2D eigenvalue weighted by Crippen LogP contribution is -2.24. The van der Waals surface area contributed by atoms with Crippen molar-refractivity contribution in [2.24, 2.45) is 5.10 Å². The number of carbonyl (C=O) groups is 1. The van der Waals surface area contributed by atoms with Crippen LogP contribution in [-0.4, -0.2) is 27.4 Å². The van der Waals surface area contributed by atoms with Gasteiger partial charge in [0.25, 0.3) is 11.5 Å². The van der Waals surface area contributed by atoms with Crippen LogP contribution >= 0.6 is 34.7 Å². The van der Waals surface area contributed by atoms with Crippen LogP contribution in [0.2, 0.25) is 5.02 Å². The molecule has 5 rings (SSSR count). The van der Waals surface area contributed by atoms with Gasteiger partial charge >= 0.3 is 0 Å². The summed E-state index contributed by atoms with van der Waals surface area (Å²) in [5, 5.41) is 5.63. The zero-order chi connectivity index (χ0) is 22.8. The van der Waals surface area contributed by atoms with Gasteiger partial charge < -0.3 is 4.42 Å². The van der Waals surface area contributed by atoms with Gasteiger partial charge in [-0.3, -0.25) is 14.2 Å². The van der Waals surface area contributed by atoms with Crippen molar-refractivity contribution in [1.29, 1.82) is 0 Å². The molecule has 4 aromatic rings. The molecule has 1 amide bonds. The maximum absolute atomic E-state index is 13.7. The van der Waals surface area contributed by atoms with E-state index in [0.717, 1.165) is 36.1 Å². The standard InChI is InChI=1S/C23H19ClN4O3S2/c24-14-7-9-15(10-8-14)28-22(30)20-17-5-1-2-6-18(17)33-21(20)26-23(28)32-13-19(29)27-25-12-16-4-3-11-31-16/h3-4,7-12H,1-2,5-6,13H2,(H,27,29). The van der Waals surface area contributed by atoms with Crippen molar-refractivity contribution in [3.63, 3.8) is 0 Å². The van der Waals surface area contributed by atoms with Crippen molar-refractivity contribution < 1.29 is 9.21 Å². The number of thiophene rings is 1. The van der Waals surface area contributed by atoms with E-state index in [9.17, 15) is 9.59 Å². The van der Waals surface area contributed by atoms with E-state index in [0.29, 0.717) is 27.0 Å². The molecule has 3 heterocycles. The SMILES string of the molecule is O=C(CSc1nc2sc3c(c2c(=O)n1-c1ccc(Cl)cc1)CCCC3)NN=Cc1ccco1. The molecule has 33 heavy (non-hydrogen) atoms. The summed E-state index contributed by atoms with van der Waals surface area (Å²) >= 11 is 8.84. The number of nitrogens with one attached hydrogen (secondary N) is 1. The second-order valence-electron chi connectivity index (χ2n) is 7.50. The molecule has 1 N–H and O–H groups in total. The number of aryl methyl sites for hydroxylation is 2. The Morgan fingerprint density at radius 1 is 1.27 bits per heavy atom. The first kappa shape index (κ1) is 21.9. The van der Waals surface area contributed by atoms with E-state index in [1.807, 2.05) is 0 Å². The van der Waals surface area contributed by atoms with Gasteiger partial charge in [-0.25, -0.2) is 10.4 Å². The Hall–Kier alpha value is -2.88. The number of rotatable bonds is 6. The largest absolute Gasteiger partial charge is 0.463 e. The Labute approximate surface area is 202 Å². The lowest BCUT2D eigenvalue weighted by molar-refractivity contribution is -0.118. The van der Waals surface area contributed by atoms with Crippen LogP contribution in [0.15, 0.2) is 62.1 Å². The summed E-state index contributed by atoms with van der Waals surface area (Å²) in [6, 6.07) is 10.5. The zero-order valence-electron chi connectivity index (χ0n) is 17.4. The third-order valence-corrected chi connectivity index (χ3v) is 7.68. The highest BCUT2D eigenvalue weighted by atomic mass is 35.5. The number of carbonyl (C=O) groups excluding carboxylic acids is 1. The molecular formula is C23H19ClN4O3S2. The Morgan fingerprint density at radius 2 is 2.09 bits per heavy atom.